The number of aromatic amines is 1. The van der Waals surface area contributed by atoms with E-state index in [4.69, 9.17) is 5.73 Å². The van der Waals surface area contributed by atoms with Crippen molar-refractivity contribution in [3.05, 3.63) is 36.0 Å². The number of hydrogen-bond donors (Lipinski definition) is 2. The second kappa shape index (κ2) is 4.86. The monoisotopic (exact) mass is 236 g/mol. The van der Waals surface area contributed by atoms with E-state index in [1.165, 1.54) is 0 Å². The quantitative estimate of drug-likeness (QED) is 0.854. The molecule has 1 aromatic carbocycles. The average Bonchev–Trinajstić information content (AvgIpc) is 2.71. The predicted octanol–water partition coefficient (Wildman–Crippen LogP) is 2.14. The molecule has 17 heavy (non-hydrogen) atoms. The van der Waals surface area contributed by atoms with Crippen molar-refractivity contribution in [2.75, 3.05) is 6.67 Å². The van der Waals surface area contributed by atoms with Gasteiger partial charge in [0.25, 0.3) is 0 Å². The number of fused-ring (bicyclic) bond motifs is 1. The number of primary amides is 1. The Morgan fingerprint density at radius 2 is 2.24 bits per heavy atom. The standard InChI is InChI=1S/C12H13FN2O2/c13-6-9(17-12(14)16)5-8-7-15-11-4-2-1-3-10(8)11/h1-4,7,9,15H,5-6H2,(H2,14,16). The number of carbonyl (C=O) groups excluding carboxylic acids is 1. The number of nitrogens with two attached hydrogens (primary N) is 1. The minimum atomic E-state index is -0.951. The van der Waals surface area contributed by atoms with Gasteiger partial charge in [-0.2, -0.15) is 0 Å². The van der Waals surface area contributed by atoms with Gasteiger partial charge in [0.1, 0.15) is 12.8 Å². The number of aromatic nitrogens is 1. The first-order valence-electron chi connectivity index (χ1n) is 5.27. The van der Waals surface area contributed by atoms with Crippen molar-refractivity contribution in [2.45, 2.75) is 12.5 Å². The zero-order chi connectivity index (χ0) is 12.3. The summed E-state index contributed by atoms with van der Waals surface area (Å²) in [4.78, 5) is 13.7. The Bertz CT molecular complexity index is 524. The number of halogens is 1. The number of ether oxygens (including phenoxy) is 1. The molecule has 0 fully saturated rings. The van der Waals surface area contributed by atoms with Crippen LogP contribution in [-0.2, 0) is 11.2 Å². The summed E-state index contributed by atoms with van der Waals surface area (Å²) >= 11 is 0. The fourth-order valence-corrected chi connectivity index (χ4v) is 1.84. The molecule has 2 aromatic rings. The number of alkyl halides is 1. The van der Waals surface area contributed by atoms with Crippen molar-refractivity contribution < 1.29 is 13.9 Å². The molecule has 1 aromatic heterocycles. The second-order valence-corrected chi connectivity index (χ2v) is 3.78. The van der Waals surface area contributed by atoms with Crippen LogP contribution in [0.1, 0.15) is 5.56 Å². The number of benzene rings is 1. The number of H-pyrrole nitrogens is 1. The number of nitrogens with one attached hydrogen (secondary N) is 1. The predicted molar refractivity (Wildman–Crippen MR) is 62.4 cm³/mol. The van der Waals surface area contributed by atoms with Crippen molar-refractivity contribution >= 4 is 17.0 Å². The van der Waals surface area contributed by atoms with E-state index in [2.05, 4.69) is 9.72 Å². The van der Waals surface area contributed by atoms with Crippen molar-refractivity contribution in [3.63, 3.8) is 0 Å². The summed E-state index contributed by atoms with van der Waals surface area (Å²) in [5.74, 6) is 0. The summed E-state index contributed by atoms with van der Waals surface area (Å²) in [6, 6.07) is 7.67. The van der Waals surface area contributed by atoms with Crippen molar-refractivity contribution in [3.8, 4) is 0 Å². The van der Waals surface area contributed by atoms with Crippen LogP contribution in [0.2, 0.25) is 0 Å². The third-order valence-electron chi connectivity index (χ3n) is 2.58. The van der Waals surface area contributed by atoms with Gasteiger partial charge in [-0.05, 0) is 11.6 Å². The molecule has 3 N–H and O–H groups in total. The van der Waals surface area contributed by atoms with Crippen LogP contribution in [-0.4, -0.2) is 23.9 Å². The number of amides is 1. The van der Waals surface area contributed by atoms with E-state index < -0.39 is 18.9 Å². The number of hydrogen-bond acceptors (Lipinski definition) is 2. The fourth-order valence-electron chi connectivity index (χ4n) is 1.84. The van der Waals surface area contributed by atoms with Crippen molar-refractivity contribution in [1.29, 1.82) is 0 Å². The molecule has 0 saturated carbocycles. The molecule has 0 saturated heterocycles. The smallest absolute Gasteiger partial charge is 0.404 e. The normalized spacial score (nSPS) is 12.5. The third kappa shape index (κ3) is 2.55. The Kier molecular flexibility index (Phi) is 3.27. The first-order chi connectivity index (χ1) is 8.20. The summed E-state index contributed by atoms with van der Waals surface area (Å²) in [5, 5.41) is 0.999. The highest BCUT2D eigenvalue weighted by Gasteiger charge is 2.15. The summed E-state index contributed by atoms with van der Waals surface area (Å²) in [7, 11) is 0. The number of para-hydroxylation sites is 1. The molecule has 0 bridgehead atoms. The van der Waals surface area contributed by atoms with E-state index in [0.29, 0.717) is 6.42 Å². The average molecular weight is 236 g/mol. The van der Waals surface area contributed by atoms with Crippen LogP contribution < -0.4 is 5.73 Å². The highest BCUT2D eigenvalue weighted by molar-refractivity contribution is 5.83. The molecular formula is C12H13FN2O2. The molecule has 90 valence electrons. The van der Waals surface area contributed by atoms with Gasteiger partial charge in [-0.25, -0.2) is 9.18 Å². The Morgan fingerprint density at radius 1 is 1.47 bits per heavy atom. The molecule has 1 atom stereocenters. The van der Waals surface area contributed by atoms with Crippen LogP contribution in [0.15, 0.2) is 30.5 Å². The van der Waals surface area contributed by atoms with E-state index in [1.807, 2.05) is 24.3 Å². The van der Waals surface area contributed by atoms with Crippen LogP contribution in [0.4, 0.5) is 9.18 Å². The highest BCUT2D eigenvalue weighted by Crippen LogP contribution is 2.19. The molecule has 0 radical (unpaired) electrons. The van der Waals surface area contributed by atoms with Gasteiger partial charge in [0.2, 0.25) is 0 Å². The van der Waals surface area contributed by atoms with Crippen LogP contribution >= 0.6 is 0 Å². The lowest BCUT2D eigenvalue weighted by Crippen LogP contribution is -2.26. The maximum Gasteiger partial charge on any atom is 0.404 e. The van der Waals surface area contributed by atoms with Gasteiger partial charge < -0.3 is 15.5 Å². The SMILES string of the molecule is NC(=O)OC(CF)Cc1c[nH]c2ccccc12. The van der Waals surface area contributed by atoms with E-state index in [1.54, 1.807) is 6.20 Å². The molecule has 2 rings (SSSR count). The van der Waals surface area contributed by atoms with Gasteiger partial charge in [0, 0.05) is 23.5 Å². The zero-order valence-corrected chi connectivity index (χ0v) is 9.15. The molecule has 1 heterocycles. The second-order valence-electron chi connectivity index (χ2n) is 3.78. The number of rotatable bonds is 4. The largest absolute Gasteiger partial charge is 0.443 e. The van der Waals surface area contributed by atoms with Crippen molar-refractivity contribution in [1.82, 2.24) is 4.98 Å². The Hall–Kier alpha value is -2.04. The zero-order valence-electron chi connectivity index (χ0n) is 9.15. The van der Waals surface area contributed by atoms with Crippen LogP contribution in [0.3, 0.4) is 0 Å². The number of carbonyl (C=O) groups is 1. The van der Waals surface area contributed by atoms with Gasteiger partial charge in [0.05, 0.1) is 0 Å². The van der Waals surface area contributed by atoms with Gasteiger partial charge in [0.15, 0.2) is 0 Å². The van der Waals surface area contributed by atoms with Crippen LogP contribution in [0, 0.1) is 0 Å². The lowest BCUT2D eigenvalue weighted by Gasteiger charge is -2.12. The molecular weight excluding hydrogens is 223 g/mol. The van der Waals surface area contributed by atoms with Crippen molar-refractivity contribution in [2.24, 2.45) is 5.73 Å². The molecule has 5 heteroatoms. The van der Waals surface area contributed by atoms with Gasteiger partial charge in [-0.15, -0.1) is 0 Å². The van der Waals surface area contributed by atoms with Crippen LogP contribution in [0.25, 0.3) is 10.9 Å². The van der Waals surface area contributed by atoms with Gasteiger partial charge in [-0.3, -0.25) is 0 Å². The molecule has 1 unspecified atom stereocenters. The molecule has 0 aliphatic rings. The Morgan fingerprint density at radius 3 is 2.94 bits per heavy atom. The summed E-state index contributed by atoms with van der Waals surface area (Å²) in [6.07, 6.45) is 0.320. The van der Waals surface area contributed by atoms with E-state index >= 15 is 0 Å². The van der Waals surface area contributed by atoms with Gasteiger partial charge >= 0.3 is 6.09 Å². The molecule has 0 spiro atoms. The first kappa shape index (κ1) is 11.4. The maximum absolute atomic E-state index is 12.7. The summed E-state index contributed by atoms with van der Waals surface area (Å²) in [5.41, 5.74) is 6.75. The molecule has 4 nitrogen and oxygen atoms in total. The lowest BCUT2D eigenvalue weighted by atomic mass is 10.1. The summed E-state index contributed by atoms with van der Waals surface area (Å²) < 4.78 is 17.3. The lowest BCUT2D eigenvalue weighted by molar-refractivity contribution is 0.0895. The molecule has 0 aliphatic carbocycles. The van der Waals surface area contributed by atoms with Gasteiger partial charge in [-0.1, -0.05) is 18.2 Å². The third-order valence-corrected chi connectivity index (χ3v) is 2.58. The van der Waals surface area contributed by atoms with E-state index in [0.717, 1.165) is 16.5 Å². The van der Waals surface area contributed by atoms with Crippen LogP contribution in [0.5, 0.6) is 0 Å². The first-order valence-corrected chi connectivity index (χ1v) is 5.27. The van der Waals surface area contributed by atoms with E-state index in [-0.39, 0.29) is 0 Å². The molecule has 1 amide bonds. The fraction of sp³-hybridized carbons (Fsp3) is 0.250. The minimum Gasteiger partial charge on any atom is -0.443 e. The summed E-state index contributed by atoms with van der Waals surface area (Å²) in [6.45, 7) is -0.748. The molecule has 0 aliphatic heterocycles. The highest BCUT2D eigenvalue weighted by atomic mass is 19.1. The topological polar surface area (TPSA) is 68.1 Å². The maximum atomic E-state index is 12.7. The van der Waals surface area contributed by atoms with E-state index in [9.17, 15) is 9.18 Å². The Balaban J connectivity index is 2.19. The minimum absolute atomic E-state index is 0.309. The Labute approximate surface area is 97.6 Å².